The molecule has 2 aromatic carbocycles. The number of nitrogens with zero attached hydrogens (tertiary/aromatic N) is 1. The van der Waals surface area contributed by atoms with Gasteiger partial charge in [-0.15, -0.1) is 11.3 Å². The first-order chi connectivity index (χ1) is 14.2. The lowest BCUT2D eigenvalue weighted by Gasteiger charge is -2.08. The molecule has 1 unspecified atom stereocenters. The molecule has 0 saturated heterocycles. The number of carbonyl (C=O) groups is 1. The molecular weight excluding hydrogens is 380 g/mol. The summed E-state index contributed by atoms with van der Waals surface area (Å²) in [6, 6.07) is 22.5. The molecule has 29 heavy (non-hydrogen) atoms. The van der Waals surface area contributed by atoms with Gasteiger partial charge in [0.25, 0.3) is 0 Å². The maximum absolute atomic E-state index is 12.3. The molecule has 0 fully saturated rings. The number of nitrogens with one attached hydrogen (secondary N) is 1. The number of rotatable bonds is 8. The molecule has 0 radical (unpaired) electrons. The lowest BCUT2D eigenvalue weighted by Crippen LogP contribution is -2.11. The van der Waals surface area contributed by atoms with Crippen LogP contribution in [0.25, 0.3) is 0 Å². The van der Waals surface area contributed by atoms with Gasteiger partial charge in [0.1, 0.15) is 6.10 Å². The van der Waals surface area contributed by atoms with E-state index in [-0.39, 0.29) is 11.9 Å². The monoisotopic (exact) mass is 404 g/mol. The summed E-state index contributed by atoms with van der Waals surface area (Å²) in [7, 11) is 0. The van der Waals surface area contributed by atoms with Gasteiger partial charge in [-0.25, -0.2) is 0 Å². The van der Waals surface area contributed by atoms with Gasteiger partial charge in [-0.2, -0.15) is 0 Å². The third-order valence-corrected chi connectivity index (χ3v) is 6.04. The van der Waals surface area contributed by atoms with Crippen LogP contribution in [0, 0.1) is 6.92 Å². The van der Waals surface area contributed by atoms with Crippen molar-refractivity contribution in [3.8, 4) is 0 Å². The summed E-state index contributed by atoms with van der Waals surface area (Å²) < 4.78 is 0. The number of carbonyl (C=O) groups excluding carboxylic acids is 1. The van der Waals surface area contributed by atoms with Crippen LogP contribution in [0.5, 0.6) is 0 Å². The molecule has 4 nitrogen and oxygen atoms in total. The Morgan fingerprint density at radius 1 is 1.10 bits per heavy atom. The molecule has 1 atom stereocenters. The zero-order chi connectivity index (χ0) is 20.1. The van der Waals surface area contributed by atoms with Crippen LogP contribution in [0.4, 0.5) is 5.69 Å². The number of Topliss-reactive ketones (excluding diaryl/α,β-unsaturated/α-hetero) is 1. The van der Waals surface area contributed by atoms with Crippen molar-refractivity contribution in [1.82, 2.24) is 0 Å². The minimum Gasteiger partial charge on any atom is -0.392 e. The summed E-state index contributed by atoms with van der Waals surface area (Å²) in [5.41, 5.74) is 4.34. The van der Waals surface area contributed by atoms with Crippen LogP contribution in [0.3, 0.4) is 0 Å². The van der Waals surface area contributed by atoms with E-state index in [1.54, 1.807) is 11.3 Å². The highest BCUT2D eigenvalue weighted by molar-refractivity contribution is 7.14. The zero-order valence-corrected chi connectivity index (χ0v) is 17.2. The Hall–Kier alpha value is -2.92. The van der Waals surface area contributed by atoms with Gasteiger partial charge in [-0.3, -0.25) is 4.79 Å². The number of hydrogen-bond acceptors (Lipinski definition) is 5. The van der Waals surface area contributed by atoms with Gasteiger partial charge in [0.15, 0.2) is 5.78 Å². The van der Waals surface area contributed by atoms with Crippen LogP contribution in [0.15, 0.2) is 71.9 Å². The summed E-state index contributed by atoms with van der Waals surface area (Å²) in [6.07, 6.45) is 1.91. The van der Waals surface area contributed by atoms with Gasteiger partial charge < -0.3 is 10.2 Å². The van der Waals surface area contributed by atoms with Crippen LogP contribution in [-0.4, -0.2) is 17.6 Å². The lowest BCUT2D eigenvalue weighted by molar-refractivity contribution is 0.0720. The minimum atomic E-state index is -0.0223. The van der Waals surface area contributed by atoms with Crippen molar-refractivity contribution in [3.63, 3.8) is 0 Å². The molecule has 148 valence electrons. The average Bonchev–Trinajstić information content (AvgIpc) is 3.41. The normalized spacial score (nSPS) is 15.6. The van der Waals surface area contributed by atoms with Gasteiger partial charge in [-0.1, -0.05) is 47.6 Å². The smallest absolute Gasteiger partial charge is 0.172 e. The second-order valence-electron chi connectivity index (χ2n) is 7.26. The van der Waals surface area contributed by atoms with Crippen LogP contribution < -0.4 is 5.32 Å². The molecule has 5 heteroatoms. The standard InChI is InChI=1S/C24H24N2O2S/c1-17-7-14-24(29-17)23(27)13-12-21-15-22(26-28-21)19-8-10-20(11-9-19)25-16-18-5-3-2-4-6-18/h2-11,14,21,25H,12-13,15-16H2,1H3. The summed E-state index contributed by atoms with van der Waals surface area (Å²) in [5.74, 6) is 0.189. The number of oxime groups is 1. The van der Waals surface area contributed by atoms with Gasteiger partial charge in [0.2, 0.25) is 0 Å². The molecule has 0 saturated carbocycles. The van der Waals surface area contributed by atoms with Crippen molar-refractivity contribution in [2.75, 3.05) is 5.32 Å². The van der Waals surface area contributed by atoms with Crippen molar-refractivity contribution in [1.29, 1.82) is 0 Å². The fourth-order valence-corrected chi connectivity index (χ4v) is 4.17. The number of thiophene rings is 1. The first-order valence-corrected chi connectivity index (χ1v) is 10.7. The van der Waals surface area contributed by atoms with E-state index in [0.717, 1.165) is 39.7 Å². The van der Waals surface area contributed by atoms with E-state index >= 15 is 0 Å². The van der Waals surface area contributed by atoms with Crippen LogP contribution in [0.1, 0.15) is 44.9 Å². The molecule has 1 aliphatic heterocycles. The van der Waals surface area contributed by atoms with Crippen molar-refractivity contribution in [3.05, 3.63) is 87.6 Å². The molecule has 0 aliphatic carbocycles. The largest absolute Gasteiger partial charge is 0.392 e. The van der Waals surface area contributed by atoms with Crippen molar-refractivity contribution in [2.24, 2.45) is 5.16 Å². The fraction of sp³-hybridized carbons (Fsp3) is 0.250. The predicted octanol–water partition coefficient (Wildman–Crippen LogP) is 5.82. The van der Waals surface area contributed by atoms with E-state index in [1.165, 1.54) is 5.56 Å². The number of ketones is 1. The lowest BCUT2D eigenvalue weighted by atomic mass is 10.0. The summed E-state index contributed by atoms with van der Waals surface area (Å²) in [4.78, 5) is 19.8. The SMILES string of the molecule is Cc1ccc(C(=O)CCC2CC(c3ccc(NCc4ccccc4)cc3)=NO2)s1. The van der Waals surface area contributed by atoms with Gasteiger partial charge >= 0.3 is 0 Å². The summed E-state index contributed by atoms with van der Waals surface area (Å²) >= 11 is 1.55. The number of anilines is 1. The molecule has 1 N–H and O–H groups in total. The van der Waals surface area contributed by atoms with Gasteiger partial charge in [-0.05, 0) is 48.7 Å². The van der Waals surface area contributed by atoms with Crippen LogP contribution in [-0.2, 0) is 11.4 Å². The molecule has 0 spiro atoms. The molecule has 0 amide bonds. The molecule has 1 aromatic heterocycles. The average molecular weight is 405 g/mol. The highest BCUT2D eigenvalue weighted by atomic mass is 32.1. The number of hydrogen-bond donors (Lipinski definition) is 1. The van der Waals surface area contributed by atoms with E-state index in [4.69, 9.17) is 4.84 Å². The highest BCUT2D eigenvalue weighted by Crippen LogP contribution is 2.23. The first-order valence-electron chi connectivity index (χ1n) is 9.88. The predicted molar refractivity (Wildman–Crippen MR) is 119 cm³/mol. The Kier molecular flexibility index (Phi) is 6.06. The molecule has 4 rings (SSSR count). The highest BCUT2D eigenvalue weighted by Gasteiger charge is 2.23. The summed E-state index contributed by atoms with van der Waals surface area (Å²) in [5, 5.41) is 7.68. The molecule has 3 aromatic rings. The fourth-order valence-electron chi connectivity index (χ4n) is 3.33. The first kappa shape index (κ1) is 19.4. The number of aryl methyl sites for hydroxylation is 1. The second-order valence-corrected chi connectivity index (χ2v) is 8.55. The van der Waals surface area contributed by atoms with E-state index in [9.17, 15) is 4.79 Å². The van der Waals surface area contributed by atoms with E-state index in [2.05, 4.69) is 46.9 Å². The molecule has 1 aliphatic rings. The maximum atomic E-state index is 12.3. The van der Waals surface area contributed by atoms with E-state index in [0.29, 0.717) is 12.8 Å². The maximum Gasteiger partial charge on any atom is 0.172 e. The van der Waals surface area contributed by atoms with Gasteiger partial charge in [0.05, 0.1) is 10.6 Å². The third-order valence-electron chi connectivity index (χ3n) is 5.00. The molecule has 2 heterocycles. The zero-order valence-electron chi connectivity index (χ0n) is 16.4. The Balaban J connectivity index is 1.26. The second kappa shape index (κ2) is 9.05. The molecular formula is C24H24N2O2S. The Morgan fingerprint density at radius 3 is 2.62 bits per heavy atom. The summed E-state index contributed by atoms with van der Waals surface area (Å²) in [6.45, 7) is 2.81. The molecule has 0 bridgehead atoms. The quantitative estimate of drug-likeness (QED) is 0.481. The van der Waals surface area contributed by atoms with Crippen LogP contribution in [0.2, 0.25) is 0 Å². The topological polar surface area (TPSA) is 50.7 Å². The Morgan fingerprint density at radius 2 is 1.90 bits per heavy atom. The van der Waals surface area contributed by atoms with Crippen molar-refractivity contribution < 1.29 is 9.63 Å². The minimum absolute atomic E-state index is 0.0223. The van der Waals surface area contributed by atoms with Crippen molar-refractivity contribution >= 4 is 28.5 Å². The Bertz CT molecular complexity index is 993. The van der Waals surface area contributed by atoms with Gasteiger partial charge in [0, 0.05) is 30.0 Å². The van der Waals surface area contributed by atoms with E-state index < -0.39 is 0 Å². The van der Waals surface area contributed by atoms with Crippen LogP contribution >= 0.6 is 11.3 Å². The van der Waals surface area contributed by atoms with E-state index in [1.807, 2.05) is 37.3 Å². The van der Waals surface area contributed by atoms with Crippen molar-refractivity contribution in [2.45, 2.75) is 38.8 Å². The Labute approximate surface area is 175 Å². The number of benzene rings is 2. The third kappa shape index (κ3) is 5.12.